The van der Waals surface area contributed by atoms with Crippen LogP contribution in [0.1, 0.15) is 110 Å². The highest BCUT2D eigenvalue weighted by Gasteiger charge is 2.57. The lowest BCUT2D eigenvalue weighted by Gasteiger charge is -2.28. The molecule has 0 aromatic heterocycles. The minimum Gasteiger partial charge on any atom is -0.458 e. The second-order valence-corrected chi connectivity index (χ2v) is 12.7. The topological polar surface area (TPSA) is 80.3 Å². The molecule has 2 aliphatic heterocycles. The van der Waals surface area contributed by atoms with Crippen molar-refractivity contribution in [3.05, 3.63) is 0 Å². The van der Waals surface area contributed by atoms with Crippen LogP contribution >= 0.6 is 7.82 Å². The summed E-state index contributed by atoms with van der Waals surface area (Å²) in [4.78, 5) is 11.5. The Kier molecular flexibility index (Phi) is 15.1. The third kappa shape index (κ3) is 12.4. The average Bonchev–Trinajstić information content (AvgIpc) is 3.31. The van der Waals surface area contributed by atoms with E-state index in [1.807, 2.05) is 14.1 Å². The number of carbonyl (C=O) groups is 1. The summed E-state index contributed by atoms with van der Waals surface area (Å²) < 4.78 is 41.3. The standard InChI is InChI=1S/C27H53NO7P/c1-5-6-7-8-9-10-11-12-13-14-15-16-17-18-21-31-22-25(33-24(2)29)23-32-36(30)34-26-19-20-28(3,4)27(26)35-36/h25-27H,5-23H2,1-4H3/q+1. The van der Waals surface area contributed by atoms with Crippen molar-refractivity contribution in [3.8, 4) is 0 Å². The molecule has 2 aliphatic rings. The minimum absolute atomic E-state index is 0.0809. The van der Waals surface area contributed by atoms with Gasteiger partial charge in [-0.2, -0.15) is 0 Å². The molecule has 9 heteroatoms. The van der Waals surface area contributed by atoms with Gasteiger partial charge in [-0.15, -0.1) is 0 Å². The number of phosphoric acid groups is 1. The van der Waals surface area contributed by atoms with Crippen molar-refractivity contribution in [1.82, 2.24) is 0 Å². The first-order valence-electron chi connectivity index (χ1n) is 14.4. The number of esters is 1. The van der Waals surface area contributed by atoms with E-state index in [-0.39, 0.29) is 25.5 Å². The third-order valence-electron chi connectivity index (χ3n) is 7.20. The first-order valence-corrected chi connectivity index (χ1v) is 15.9. The number of unbranched alkanes of at least 4 members (excludes halogenated alkanes) is 13. The molecule has 0 aromatic rings. The highest BCUT2D eigenvalue weighted by molar-refractivity contribution is 7.48. The van der Waals surface area contributed by atoms with Crippen LogP contribution in [-0.4, -0.2) is 69.3 Å². The summed E-state index contributed by atoms with van der Waals surface area (Å²) in [6, 6.07) is 0. The summed E-state index contributed by atoms with van der Waals surface area (Å²) in [6.07, 6.45) is 18.0. The number of hydrogen-bond donors (Lipinski definition) is 0. The molecule has 0 radical (unpaired) electrons. The third-order valence-corrected chi connectivity index (χ3v) is 8.66. The zero-order valence-electron chi connectivity index (χ0n) is 23.4. The molecule has 2 saturated heterocycles. The van der Waals surface area contributed by atoms with E-state index in [0.717, 1.165) is 25.8 Å². The van der Waals surface area contributed by atoms with Gasteiger partial charge >= 0.3 is 13.8 Å². The van der Waals surface area contributed by atoms with E-state index < -0.39 is 19.9 Å². The molecule has 0 aliphatic carbocycles. The second kappa shape index (κ2) is 17.2. The van der Waals surface area contributed by atoms with Crippen LogP contribution in [0.25, 0.3) is 0 Å². The normalized spacial score (nSPS) is 25.7. The first kappa shape index (κ1) is 31.7. The smallest absolute Gasteiger partial charge is 0.458 e. The number of likely N-dealkylation sites (tertiary alicyclic amines) is 1. The lowest BCUT2D eigenvalue weighted by molar-refractivity contribution is -0.920. The lowest BCUT2D eigenvalue weighted by Crippen LogP contribution is -2.46. The summed E-state index contributed by atoms with van der Waals surface area (Å²) >= 11 is 0. The maximum Gasteiger partial charge on any atom is 0.480 e. The highest BCUT2D eigenvalue weighted by atomic mass is 31.2. The Morgan fingerprint density at radius 1 is 0.889 bits per heavy atom. The molecule has 0 bridgehead atoms. The molecule has 2 rings (SSSR count). The van der Waals surface area contributed by atoms with Gasteiger partial charge in [0.25, 0.3) is 0 Å². The van der Waals surface area contributed by atoms with Crippen LogP contribution in [0.2, 0.25) is 0 Å². The SMILES string of the molecule is CCCCCCCCCCCCCCCCOCC(COP1(=O)OC2CC[N+](C)(C)C2O1)OC(C)=O. The molecule has 4 unspecified atom stereocenters. The fraction of sp³-hybridized carbons (Fsp3) is 0.963. The Bertz CT molecular complexity index is 660. The second-order valence-electron chi connectivity index (χ2n) is 11.1. The van der Waals surface area contributed by atoms with E-state index in [0.29, 0.717) is 11.1 Å². The number of ether oxygens (including phenoxy) is 2. The van der Waals surface area contributed by atoms with E-state index in [9.17, 15) is 9.36 Å². The monoisotopic (exact) mass is 534 g/mol. The number of likely N-dealkylation sites (N-methyl/N-ethyl adjacent to an activating group) is 1. The van der Waals surface area contributed by atoms with Gasteiger partial charge in [-0.05, 0) is 6.42 Å². The molecule has 0 saturated carbocycles. The van der Waals surface area contributed by atoms with Gasteiger partial charge in [0, 0.05) is 20.0 Å². The Morgan fingerprint density at radius 2 is 1.44 bits per heavy atom. The molecule has 8 nitrogen and oxygen atoms in total. The van der Waals surface area contributed by atoms with Crippen molar-refractivity contribution in [1.29, 1.82) is 0 Å². The molecule has 2 heterocycles. The number of quaternary nitrogens is 1. The Labute approximate surface area is 219 Å². The van der Waals surface area contributed by atoms with Crippen molar-refractivity contribution < 1.29 is 36.9 Å². The molecule has 0 amide bonds. The molecule has 4 atom stereocenters. The van der Waals surface area contributed by atoms with Crippen molar-refractivity contribution >= 4 is 13.8 Å². The van der Waals surface area contributed by atoms with E-state index in [2.05, 4.69) is 6.92 Å². The van der Waals surface area contributed by atoms with Gasteiger partial charge in [0.2, 0.25) is 6.23 Å². The van der Waals surface area contributed by atoms with Crippen molar-refractivity contribution in [2.45, 2.75) is 129 Å². The minimum atomic E-state index is -3.66. The summed E-state index contributed by atoms with van der Waals surface area (Å²) in [6.45, 7) is 5.24. The zero-order chi connectivity index (χ0) is 26.3. The Balaban J connectivity index is 1.47. The van der Waals surface area contributed by atoms with Crippen LogP contribution in [0.3, 0.4) is 0 Å². The molecule has 0 spiro atoms. The van der Waals surface area contributed by atoms with Gasteiger partial charge in [0.1, 0.15) is 6.10 Å². The summed E-state index contributed by atoms with van der Waals surface area (Å²) in [5, 5.41) is 0. The quantitative estimate of drug-likeness (QED) is 0.0696. The van der Waals surface area contributed by atoms with Gasteiger partial charge in [0.15, 0.2) is 6.10 Å². The van der Waals surface area contributed by atoms with Gasteiger partial charge in [-0.3, -0.25) is 13.8 Å². The van der Waals surface area contributed by atoms with Crippen molar-refractivity contribution in [2.24, 2.45) is 0 Å². The van der Waals surface area contributed by atoms with Crippen LogP contribution < -0.4 is 0 Å². The first-order chi connectivity index (χ1) is 17.3. The predicted molar refractivity (Wildman–Crippen MR) is 142 cm³/mol. The Hall–Kier alpha value is -0.500. The molecule has 36 heavy (non-hydrogen) atoms. The zero-order valence-corrected chi connectivity index (χ0v) is 24.3. The number of rotatable bonds is 21. The number of nitrogens with zero attached hydrogens (tertiary/aromatic N) is 1. The fourth-order valence-electron chi connectivity index (χ4n) is 5.00. The summed E-state index contributed by atoms with van der Waals surface area (Å²) in [5.41, 5.74) is 0. The lowest BCUT2D eigenvalue weighted by atomic mass is 10.0. The van der Waals surface area contributed by atoms with Gasteiger partial charge in [-0.1, -0.05) is 90.4 Å². The fourth-order valence-corrected chi connectivity index (χ4v) is 6.72. The van der Waals surface area contributed by atoms with Crippen LogP contribution in [0.4, 0.5) is 0 Å². The number of fused-ring (bicyclic) bond motifs is 1. The Morgan fingerprint density at radius 3 is 1.97 bits per heavy atom. The van der Waals surface area contributed by atoms with Crippen molar-refractivity contribution in [3.63, 3.8) is 0 Å². The van der Waals surface area contributed by atoms with Crippen molar-refractivity contribution in [2.75, 3.05) is 40.5 Å². The largest absolute Gasteiger partial charge is 0.480 e. The highest BCUT2D eigenvalue weighted by Crippen LogP contribution is 2.60. The molecular formula is C27H53NO7P+. The van der Waals surface area contributed by atoms with E-state index in [4.69, 9.17) is 23.0 Å². The molecule has 212 valence electrons. The van der Waals surface area contributed by atoms with Gasteiger partial charge in [-0.25, -0.2) is 9.09 Å². The summed E-state index contributed by atoms with van der Waals surface area (Å²) in [7, 11) is 0.385. The van der Waals surface area contributed by atoms with E-state index >= 15 is 0 Å². The molecule has 2 fully saturated rings. The molecular weight excluding hydrogens is 481 g/mol. The summed E-state index contributed by atoms with van der Waals surface area (Å²) in [5.74, 6) is -0.426. The predicted octanol–water partition coefficient (Wildman–Crippen LogP) is 6.76. The van der Waals surface area contributed by atoms with Crippen LogP contribution in [0.5, 0.6) is 0 Å². The molecule has 0 aromatic carbocycles. The maximum atomic E-state index is 12.9. The van der Waals surface area contributed by atoms with Gasteiger partial charge in [0.05, 0.1) is 33.9 Å². The van der Waals surface area contributed by atoms with Crippen LogP contribution in [0.15, 0.2) is 0 Å². The van der Waals surface area contributed by atoms with Crippen LogP contribution in [0, 0.1) is 0 Å². The maximum absolute atomic E-state index is 12.9. The van der Waals surface area contributed by atoms with E-state index in [1.165, 1.54) is 84.0 Å². The number of carbonyl (C=O) groups excluding carboxylic acids is 1. The van der Waals surface area contributed by atoms with Crippen LogP contribution in [-0.2, 0) is 32.4 Å². The van der Waals surface area contributed by atoms with E-state index in [1.54, 1.807) is 0 Å². The number of hydrogen-bond acceptors (Lipinski definition) is 7. The molecule has 0 N–H and O–H groups in total. The number of phosphoric ester groups is 1. The van der Waals surface area contributed by atoms with Gasteiger partial charge < -0.3 is 14.0 Å². The average molecular weight is 535 g/mol.